The van der Waals surface area contributed by atoms with Gasteiger partial charge in [-0.15, -0.1) is 0 Å². The summed E-state index contributed by atoms with van der Waals surface area (Å²) in [6.45, 7) is 6.22. The van der Waals surface area contributed by atoms with Crippen molar-refractivity contribution >= 4 is 23.2 Å². The number of rotatable bonds is 3. The molecule has 1 aromatic carbocycles. The van der Waals surface area contributed by atoms with Crippen LogP contribution >= 0.6 is 12.2 Å². The maximum Gasteiger partial charge on any atom is 0.256 e. The van der Waals surface area contributed by atoms with Gasteiger partial charge in [-0.25, -0.2) is 4.68 Å². The molecule has 0 bridgehead atoms. The number of nitrogens with one attached hydrogen (secondary N) is 1. The van der Waals surface area contributed by atoms with Gasteiger partial charge in [0.25, 0.3) is 5.91 Å². The number of nitrogens with zero attached hydrogens (tertiary/aromatic N) is 3. The van der Waals surface area contributed by atoms with Crippen LogP contribution in [0.2, 0.25) is 0 Å². The Bertz CT molecular complexity index is 876. The lowest BCUT2D eigenvalue weighted by Gasteiger charge is -2.35. The molecular formula is C21H26N4OS. The minimum atomic E-state index is -0.441. The molecular weight excluding hydrogens is 356 g/mol. The molecule has 1 aliphatic carbocycles. The Morgan fingerprint density at radius 3 is 2.56 bits per heavy atom. The monoisotopic (exact) mass is 382 g/mol. The molecule has 2 aliphatic rings. The van der Waals surface area contributed by atoms with E-state index in [1.807, 2.05) is 53.8 Å². The average Bonchev–Trinajstić information content (AvgIpc) is 3.11. The predicted octanol–water partition coefficient (Wildman–Crippen LogP) is 3.83. The number of thiocarbonyl (C=S) groups is 1. The van der Waals surface area contributed by atoms with Crippen molar-refractivity contribution in [2.75, 3.05) is 0 Å². The summed E-state index contributed by atoms with van der Waals surface area (Å²) in [5.74, 6) is 0.549. The maximum absolute atomic E-state index is 13.4. The zero-order valence-corrected chi connectivity index (χ0v) is 16.9. The molecule has 5 nitrogen and oxygen atoms in total. The van der Waals surface area contributed by atoms with Crippen LogP contribution in [0.5, 0.6) is 0 Å². The Morgan fingerprint density at radius 2 is 1.85 bits per heavy atom. The van der Waals surface area contributed by atoms with Crippen molar-refractivity contribution in [3.63, 3.8) is 0 Å². The lowest BCUT2D eigenvalue weighted by molar-refractivity contribution is -0.129. The molecule has 3 atom stereocenters. The van der Waals surface area contributed by atoms with Gasteiger partial charge in [-0.2, -0.15) is 5.10 Å². The molecule has 0 spiro atoms. The molecule has 1 saturated heterocycles. The average molecular weight is 383 g/mol. The Hall–Kier alpha value is -2.21. The van der Waals surface area contributed by atoms with Crippen molar-refractivity contribution in [3.05, 3.63) is 47.3 Å². The van der Waals surface area contributed by atoms with Gasteiger partial charge in [0.2, 0.25) is 0 Å². The van der Waals surface area contributed by atoms with Crippen molar-refractivity contribution in [1.82, 2.24) is 20.0 Å². The minimum Gasteiger partial charge on any atom is -0.347 e. The Labute approximate surface area is 165 Å². The largest absolute Gasteiger partial charge is 0.347 e. The van der Waals surface area contributed by atoms with E-state index in [1.54, 1.807) is 0 Å². The molecule has 27 heavy (non-hydrogen) atoms. The molecule has 1 N–H and O–H groups in total. The Balaban J connectivity index is 1.68. The van der Waals surface area contributed by atoms with Crippen LogP contribution in [-0.2, 0) is 4.79 Å². The van der Waals surface area contributed by atoms with Gasteiger partial charge in [0.15, 0.2) is 5.11 Å². The predicted molar refractivity (Wildman–Crippen MR) is 110 cm³/mol. The SMILES string of the molecule is Cc1nn(-c2ccccc2)c(C)c1[C@H]1NC(=S)N([C@@H]2CCCC[C@@H]2C)C1=O. The van der Waals surface area contributed by atoms with Gasteiger partial charge in [0.1, 0.15) is 6.04 Å². The normalized spacial score (nSPS) is 25.7. The molecule has 1 amide bonds. The second kappa shape index (κ2) is 7.08. The molecule has 0 unspecified atom stereocenters. The first-order valence-electron chi connectivity index (χ1n) is 9.74. The summed E-state index contributed by atoms with van der Waals surface area (Å²) in [5.41, 5.74) is 3.78. The van der Waals surface area contributed by atoms with E-state index in [0.29, 0.717) is 11.0 Å². The number of carbonyl (C=O) groups is 1. The van der Waals surface area contributed by atoms with E-state index < -0.39 is 6.04 Å². The van der Waals surface area contributed by atoms with Crippen LogP contribution in [0.3, 0.4) is 0 Å². The summed E-state index contributed by atoms with van der Waals surface area (Å²) in [5, 5.41) is 8.55. The third-order valence-corrected chi connectivity index (χ3v) is 6.32. The van der Waals surface area contributed by atoms with Crippen LogP contribution in [-0.4, -0.2) is 31.7 Å². The van der Waals surface area contributed by atoms with E-state index in [9.17, 15) is 4.79 Å². The second-order valence-corrected chi connectivity index (χ2v) is 8.14. The van der Waals surface area contributed by atoms with E-state index in [2.05, 4.69) is 12.2 Å². The lowest BCUT2D eigenvalue weighted by atomic mass is 9.85. The molecule has 6 heteroatoms. The maximum atomic E-state index is 13.4. The molecule has 0 radical (unpaired) electrons. The van der Waals surface area contributed by atoms with Gasteiger partial charge in [0.05, 0.1) is 11.4 Å². The molecule has 1 saturated carbocycles. The summed E-state index contributed by atoms with van der Waals surface area (Å²) in [6.07, 6.45) is 4.59. The molecule has 2 aromatic rings. The van der Waals surface area contributed by atoms with E-state index in [0.717, 1.165) is 41.9 Å². The first-order valence-corrected chi connectivity index (χ1v) is 10.1. The van der Waals surface area contributed by atoms with Crippen molar-refractivity contribution in [1.29, 1.82) is 0 Å². The smallest absolute Gasteiger partial charge is 0.256 e. The van der Waals surface area contributed by atoms with E-state index in [-0.39, 0.29) is 11.9 Å². The van der Waals surface area contributed by atoms with Crippen molar-refractivity contribution < 1.29 is 4.79 Å². The first-order chi connectivity index (χ1) is 13.0. The highest BCUT2D eigenvalue weighted by Gasteiger charge is 2.44. The summed E-state index contributed by atoms with van der Waals surface area (Å²) in [7, 11) is 0. The fourth-order valence-corrected chi connectivity index (χ4v) is 4.92. The van der Waals surface area contributed by atoms with Gasteiger partial charge < -0.3 is 5.32 Å². The number of hydrogen-bond donors (Lipinski definition) is 1. The highest BCUT2D eigenvalue weighted by molar-refractivity contribution is 7.80. The molecule has 1 aromatic heterocycles. The molecule has 1 aliphatic heterocycles. The fourth-order valence-electron chi connectivity index (χ4n) is 4.58. The standard InChI is InChI=1S/C21H26N4OS/c1-13-9-7-8-12-17(13)24-20(26)19(22-21(24)27)18-14(2)23-25(15(18)3)16-10-5-4-6-11-16/h4-6,10-11,13,17,19H,7-9,12H2,1-3H3,(H,22,27)/t13-,17+,19+/m0/s1. The van der Waals surface area contributed by atoms with Gasteiger partial charge in [-0.1, -0.05) is 38.0 Å². The van der Waals surface area contributed by atoms with Crippen LogP contribution in [0.25, 0.3) is 5.69 Å². The molecule has 2 fully saturated rings. The quantitative estimate of drug-likeness (QED) is 0.820. The van der Waals surface area contributed by atoms with Crippen molar-refractivity contribution in [3.8, 4) is 5.69 Å². The van der Waals surface area contributed by atoms with Crippen molar-refractivity contribution in [2.24, 2.45) is 5.92 Å². The lowest BCUT2D eigenvalue weighted by Crippen LogP contribution is -2.45. The number of aromatic nitrogens is 2. The van der Waals surface area contributed by atoms with Gasteiger partial charge in [-0.3, -0.25) is 9.69 Å². The zero-order valence-electron chi connectivity index (χ0n) is 16.1. The fraction of sp³-hybridized carbons (Fsp3) is 0.476. The van der Waals surface area contributed by atoms with E-state index in [4.69, 9.17) is 17.3 Å². The van der Waals surface area contributed by atoms with E-state index >= 15 is 0 Å². The Kier molecular flexibility index (Phi) is 4.76. The number of hydrogen-bond acceptors (Lipinski definition) is 3. The number of aryl methyl sites for hydroxylation is 1. The number of para-hydroxylation sites is 1. The number of carbonyl (C=O) groups excluding carboxylic acids is 1. The highest BCUT2D eigenvalue weighted by atomic mass is 32.1. The van der Waals surface area contributed by atoms with Crippen LogP contribution in [0.15, 0.2) is 30.3 Å². The zero-order chi connectivity index (χ0) is 19.1. The molecule has 4 rings (SSSR count). The first kappa shape index (κ1) is 18.2. The summed E-state index contributed by atoms with van der Waals surface area (Å²) < 4.78 is 1.91. The third-order valence-electron chi connectivity index (χ3n) is 6.01. The van der Waals surface area contributed by atoms with Crippen LogP contribution in [0, 0.1) is 19.8 Å². The number of benzene rings is 1. The van der Waals surface area contributed by atoms with Gasteiger partial charge >= 0.3 is 0 Å². The third kappa shape index (κ3) is 3.06. The summed E-state index contributed by atoms with van der Waals surface area (Å²) in [6, 6.07) is 9.78. The van der Waals surface area contributed by atoms with Crippen LogP contribution in [0.1, 0.15) is 55.6 Å². The minimum absolute atomic E-state index is 0.0672. The van der Waals surface area contributed by atoms with Crippen LogP contribution in [0.4, 0.5) is 0 Å². The highest BCUT2D eigenvalue weighted by Crippen LogP contribution is 2.35. The Morgan fingerprint density at radius 1 is 1.15 bits per heavy atom. The van der Waals surface area contributed by atoms with Gasteiger partial charge in [0, 0.05) is 17.3 Å². The molecule has 142 valence electrons. The topological polar surface area (TPSA) is 50.2 Å². The summed E-state index contributed by atoms with van der Waals surface area (Å²) in [4.78, 5) is 15.2. The van der Waals surface area contributed by atoms with Gasteiger partial charge in [-0.05, 0) is 57.0 Å². The molecule has 2 heterocycles. The summed E-state index contributed by atoms with van der Waals surface area (Å²) >= 11 is 5.58. The van der Waals surface area contributed by atoms with E-state index in [1.165, 1.54) is 6.42 Å². The second-order valence-electron chi connectivity index (χ2n) is 7.75. The number of amides is 1. The van der Waals surface area contributed by atoms with Crippen molar-refractivity contribution in [2.45, 2.75) is 58.5 Å². The van der Waals surface area contributed by atoms with Crippen LogP contribution < -0.4 is 5.32 Å².